The van der Waals surface area contributed by atoms with E-state index in [4.69, 9.17) is 22.3 Å². The molecular weight excluding hydrogens is 436 g/mol. The van der Waals surface area contributed by atoms with Gasteiger partial charge in [-0.15, -0.1) is 0 Å². The molecule has 2 aliphatic rings. The van der Waals surface area contributed by atoms with Crippen molar-refractivity contribution in [2.45, 2.75) is 32.6 Å². The third-order valence-electron chi connectivity index (χ3n) is 5.31. The molecule has 0 radical (unpaired) electrons. The molecule has 10 heteroatoms. The number of pyridine rings is 1. The Morgan fingerprint density at radius 2 is 2.03 bits per heavy atom. The molecule has 2 saturated heterocycles. The molecule has 2 fully saturated rings. The fourth-order valence-electron chi connectivity index (χ4n) is 3.76. The van der Waals surface area contributed by atoms with E-state index in [-0.39, 0.29) is 24.4 Å². The molecule has 0 bridgehead atoms. The third-order valence-corrected chi connectivity index (χ3v) is 6.69. The van der Waals surface area contributed by atoms with Gasteiger partial charge in [-0.25, -0.2) is 4.98 Å². The number of carbonyl (C=O) groups is 2. The fourth-order valence-corrected chi connectivity index (χ4v) is 5.05. The Morgan fingerprint density at radius 1 is 1.29 bits per heavy atom. The molecular formula is C21H22N4O4S2. The van der Waals surface area contributed by atoms with Gasteiger partial charge in [-0.05, 0) is 43.9 Å². The molecule has 2 aliphatic heterocycles. The van der Waals surface area contributed by atoms with Crippen molar-refractivity contribution in [2.24, 2.45) is 0 Å². The lowest BCUT2D eigenvalue weighted by Gasteiger charge is -2.19. The number of hydrogen-bond acceptors (Lipinski definition) is 7. The largest absolute Gasteiger partial charge is 0.481 e. The maximum atomic E-state index is 13.4. The maximum Gasteiger partial charge on any atom is 0.303 e. The van der Waals surface area contributed by atoms with E-state index in [2.05, 4.69) is 4.90 Å². The molecule has 4 heterocycles. The molecule has 1 N–H and O–H groups in total. The Labute approximate surface area is 188 Å². The fraction of sp³-hybridized carbons (Fsp3) is 0.381. The number of amides is 1. The number of nitrogens with zero attached hydrogens (tertiary/aromatic N) is 4. The topological polar surface area (TPSA) is 95.2 Å². The molecule has 0 unspecified atom stereocenters. The van der Waals surface area contributed by atoms with Crippen LogP contribution in [0.5, 0.6) is 0 Å². The molecule has 0 atom stereocenters. The first kappa shape index (κ1) is 21.5. The number of carboxylic acids is 1. The average molecular weight is 459 g/mol. The number of aliphatic carboxylic acids is 1. The van der Waals surface area contributed by atoms with Crippen molar-refractivity contribution in [3.8, 4) is 0 Å². The second-order valence-corrected chi connectivity index (χ2v) is 9.29. The zero-order valence-corrected chi connectivity index (χ0v) is 18.7. The number of thioether (sulfide) groups is 1. The lowest BCUT2D eigenvalue weighted by atomic mass is 10.2. The van der Waals surface area contributed by atoms with Crippen molar-refractivity contribution in [3.63, 3.8) is 0 Å². The Balaban J connectivity index is 1.75. The van der Waals surface area contributed by atoms with Crippen LogP contribution in [0, 0.1) is 6.92 Å². The van der Waals surface area contributed by atoms with Crippen LogP contribution in [0.1, 0.15) is 36.8 Å². The van der Waals surface area contributed by atoms with Crippen LogP contribution < -0.4 is 10.5 Å². The SMILES string of the molecule is Cc1ccc2nc(N3CCCC3)c(C=C3SC(=S)N(CCCC(=O)O)C3=O)c(=O)n2c1. The summed E-state index contributed by atoms with van der Waals surface area (Å²) in [5.74, 6) is -0.634. The minimum Gasteiger partial charge on any atom is -0.481 e. The molecule has 0 saturated carbocycles. The predicted octanol–water partition coefficient (Wildman–Crippen LogP) is 2.67. The minimum atomic E-state index is -0.915. The highest BCUT2D eigenvalue weighted by Gasteiger charge is 2.33. The molecule has 0 aliphatic carbocycles. The first-order chi connectivity index (χ1) is 14.8. The smallest absolute Gasteiger partial charge is 0.303 e. The molecule has 4 rings (SSSR count). The lowest BCUT2D eigenvalue weighted by Crippen LogP contribution is -2.30. The number of carbonyl (C=O) groups excluding carboxylic acids is 1. The summed E-state index contributed by atoms with van der Waals surface area (Å²) in [4.78, 5) is 45.7. The highest BCUT2D eigenvalue weighted by Crippen LogP contribution is 2.34. The zero-order chi connectivity index (χ0) is 22.1. The summed E-state index contributed by atoms with van der Waals surface area (Å²) in [5, 5.41) is 8.84. The highest BCUT2D eigenvalue weighted by atomic mass is 32.2. The van der Waals surface area contributed by atoms with E-state index in [1.54, 1.807) is 12.3 Å². The highest BCUT2D eigenvalue weighted by molar-refractivity contribution is 8.26. The van der Waals surface area contributed by atoms with E-state index >= 15 is 0 Å². The summed E-state index contributed by atoms with van der Waals surface area (Å²) in [6.07, 6.45) is 5.67. The summed E-state index contributed by atoms with van der Waals surface area (Å²) in [7, 11) is 0. The average Bonchev–Trinajstić information content (AvgIpc) is 3.34. The van der Waals surface area contributed by atoms with Crippen molar-refractivity contribution < 1.29 is 14.7 Å². The number of aromatic nitrogens is 2. The number of rotatable bonds is 6. The van der Waals surface area contributed by atoms with Gasteiger partial charge < -0.3 is 10.0 Å². The Hall–Kier alpha value is -2.72. The molecule has 2 aromatic heterocycles. The molecule has 0 spiro atoms. The lowest BCUT2D eigenvalue weighted by molar-refractivity contribution is -0.137. The normalized spacial score (nSPS) is 18.0. The summed E-state index contributed by atoms with van der Waals surface area (Å²) in [6, 6.07) is 3.74. The van der Waals surface area contributed by atoms with Gasteiger partial charge in [0.25, 0.3) is 11.5 Å². The summed E-state index contributed by atoms with van der Waals surface area (Å²) < 4.78 is 1.88. The number of thiocarbonyl (C=S) groups is 1. The summed E-state index contributed by atoms with van der Waals surface area (Å²) >= 11 is 6.46. The van der Waals surface area contributed by atoms with Gasteiger partial charge in [0.2, 0.25) is 0 Å². The Bertz CT molecular complexity index is 1170. The molecule has 8 nitrogen and oxygen atoms in total. The van der Waals surface area contributed by atoms with E-state index in [1.165, 1.54) is 9.30 Å². The predicted molar refractivity (Wildman–Crippen MR) is 124 cm³/mol. The third kappa shape index (κ3) is 4.35. The van der Waals surface area contributed by atoms with Gasteiger partial charge in [0.1, 0.15) is 15.8 Å². The summed E-state index contributed by atoms with van der Waals surface area (Å²) in [6.45, 7) is 3.76. The standard InChI is InChI=1S/C21H22N4O4S2/c1-13-6-7-16-22-18(23-8-2-3-9-23)14(19(28)25(16)12-13)11-15-20(29)24(21(30)31-15)10-4-5-17(26)27/h6-7,11-12H,2-5,8-10H2,1H3,(H,26,27). The van der Waals surface area contributed by atoms with Gasteiger partial charge in [0.05, 0.1) is 10.5 Å². The van der Waals surface area contributed by atoms with Crippen LogP contribution >= 0.6 is 24.0 Å². The van der Waals surface area contributed by atoms with E-state index in [0.29, 0.717) is 32.7 Å². The van der Waals surface area contributed by atoms with Crippen LogP contribution in [0.3, 0.4) is 0 Å². The van der Waals surface area contributed by atoms with Crippen LogP contribution in [0.2, 0.25) is 0 Å². The molecule has 2 aromatic rings. The van der Waals surface area contributed by atoms with Gasteiger partial charge >= 0.3 is 5.97 Å². The number of hydrogen-bond donors (Lipinski definition) is 1. The van der Waals surface area contributed by atoms with Gasteiger partial charge in [-0.3, -0.25) is 23.7 Å². The van der Waals surface area contributed by atoms with Gasteiger partial charge in [0, 0.05) is 32.3 Å². The minimum absolute atomic E-state index is 0.0372. The number of aryl methyl sites for hydroxylation is 1. The van der Waals surface area contributed by atoms with Crippen LogP contribution in [0.4, 0.5) is 5.82 Å². The first-order valence-electron chi connectivity index (χ1n) is 10.1. The summed E-state index contributed by atoms with van der Waals surface area (Å²) in [5.41, 5.74) is 1.64. The number of fused-ring (bicyclic) bond motifs is 1. The first-order valence-corrected chi connectivity index (χ1v) is 11.3. The van der Waals surface area contributed by atoms with Gasteiger partial charge in [0.15, 0.2) is 0 Å². The van der Waals surface area contributed by atoms with Gasteiger partial charge in [-0.1, -0.05) is 30.0 Å². The van der Waals surface area contributed by atoms with Crippen molar-refractivity contribution in [1.82, 2.24) is 14.3 Å². The van der Waals surface area contributed by atoms with Crippen LogP contribution in [0.15, 0.2) is 28.0 Å². The van der Waals surface area contributed by atoms with E-state index in [9.17, 15) is 14.4 Å². The van der Waals surface area contributed by atoms with Crippen molar-refractivity contribution in [2.75, 3.05) is 24.5 Å². The Kier molecular flexibility index (Phi) is 6.10. The Morgan fingerprint density at radius 3 is 2.74 bits per heavy atom. The molecule has 162 valence electrons. The van der Waals surface area contributed by atoms with Crippen LogP contribution in [0.25, 0.3) is 11.7 Å². The van der Waals surface area contributed by atoms with Crippen molar-refractivity contribution in [3.05, 3.63) is 44.7 Å². The van der Waals surface area contributed by atoms with Crippen molar-refractivity contribution in [1.29, 1.82) is 0 Å². The molecule has 1 amide bonds. The quantitative estimate of drug-likeness (QED) is 0.522. The van der Waals surface area contributed by atoms with Crippen LogP contribution in [-0.4, -0.2) is 55.2 Å². The molecule has 0 aromatic carbocycles. The number of anilines is 1. The van der Waals surface area contributed by atoms with E-state index in [0.717, 1.165) is 43.3 Å². The van der Waals surface area contributed by atoms with E-state index < -0.39 is 5.97 Å². The zero-order valence-electron chi connectivity index (χ0n) is 17.0. The van der Waals surface area contributed by atoms with Crippen molar-refractivity contribution >= 4 is 57.7 Å². The van der Waals surface area contributed by atoms with Crippen LogP contribution in [-0.2, 0) is 9.59 Å². The monoisotopic (exact) mass is 458 g/mol. The molecule has 31 heavy (non-hydrogen) atoms. The van der Waals surface area contributed by atoms with E-state index in [1.807, 2.05) is 19.1 Å². The second kappa shape index (κ2) is 8.80. The second-order valence-electron chi connectivity index (χ2n) is 7.61. The maximum absolute atomic E-state index is 13.4. The van der Waals surface area contributed by atoms with Gasteiger partial charge in [-0.2, -0.15) is 0 Å². The number of carboxylic acid groups (broad SMARTS) is 1.